The molecule has 6 heteroatoms. The quantitative estimate of drug-likeness (QED) is 0.364. The lowest BCUT2D eigenvalue weighted by Gasteiger charge is -2.41. The highest BCUT2D eigenvalue weighted by molar-refractivity contribution is 5.96. The van der Waals surface area contributed by atoms with E-state index in [4.69, 9.17) is 4.98 Å². The molecule has 188 valence electrons. The van der Waals surface area contributed by atoms with Crippen LogP contribution in [0.25, 0.3) is 22.4 Å². The van der Waals surface area contributed by atoms with Gasteiger partial charge in [0, 0.05) is 28.8 Å². The molecule has 0 aliphatic heterocycles. The summed E-state index contributed by atoms with van der Waals surface area (Å²) in [6.07, 6.45) is 13.1. The Labute approximate surface area is 212 Å². The molecule has 4 aliphatic rings. The van der Waals surface area contributed by atoms with Crippen LogP contribution in [0, 0.1) is 17.8 Å². The van der Waals surface area contributed by atoms with Gasteiger partial charge in [-0.3, -0.25) is 9.59 Å². The van der Waals surface area contributed by atoms with Gasteiger partial charge in [0.1, 0.15) is 5.82 Å². The number of aromatic nitrogens is 2. The van der Waals surface area contributed by atoms with E-state index >= 15 is 0 Å². The van der Waals surface area contributed by atoms with Gasteiger partial charge in [0.2, 0.25) is 5.91 Å². The van der Waals surface area contributed by atoms with Gasteiger partial charge in [-0.1, -0.05) is 50.7 Å². The molecule has 1 atom stereocenters. The molecule has 36 heavy (non-hydrogen) atoms. The average Bonchev–Trinajstić information content (AvgIpc) is 3.17. The van der Waals surface area contributed by atoms with Crippen LogP contribution < -0.4 is 10.6 Å². The van der Waals surface area contributed by atoms with Gasteiger partial charge >= 0.3 is 0 Å². The number of carbonyl (C=O) groups is 2. The van der Waals surface area contributed by atoms with Crippen LogP contribution in [0.2, 0.25) is 0 Å². The number of carbonyl (C=O) groups excluding carboxylic acids is 2. The van der Waals surface area contributed by atoms with Gasteiger partial charge in [0.15, 0.2) is 0 Å². The second-order valence-electron chi connectivity index (χ2n) is 11.2. The smallest absolute Gasteiger partial charge is 0.251 e. The van der Waals surface area contributed by atoms with Crippen LogP contribution in [-0.2, 0) is 4.79 Å². The van der Waals surface area contributed by atoms with Gasteiger partial charge in [-0.25, -0.2) is 4.98 Å². The van der Waals surface area contributed by atoms with Gasteiger partial charge in [0.05, 0.1) is 11.0 Å². The molecule has 2 amide bonds. The fourth-order valence-electron chi connectivity index (χ4n) is 6.63. The van der Waals surface area contributed by atoms with E-state index in [1.165, 1.54) is 51.4 Å². The number of hydrogen-bond donors (Lipinski definition) is 3. The summed E-state index contributed by atoms with van der Waals surface area (Å²) in [7, 11) is 0. The molecule has 0 radical (unpaired) electrons. The summed E-state index contributed by atoms with van der Waals surface area (Å²) in [6.45, 7) is 0. The first kappa shape index (κ1) is 23.3. The number of anilines is 1. The minimum absolute atomic E-state index is 0.00428. The lowest BCUT2D eigenvalue weighted by Crippen LogP contribution is -2.38. The van der Waals surface area contributed by atoms with Crippen LogP contribution in [0.1, 0.15) is 81.0 Å². The van der Waals surface area contributed by atoms with Crippen molar-refractivity contribution in [1.29, 1.82) is 0 Å². The number of H-pyrrole nitrogens is 1. The normalized spacial score (nSPS) is 24.4. The van der Waals surface area contributed by atoms with Crippen LogP contribution >= 0.6 is 0 Å². The van der Waals surface area contributed by atoms with Crippen molar-refractivity contribution in [2.24, 2.45) is 17.8 Å². The van der Waals surface area contributed by atoms with Crippen LogP contribution in [0.15, 0.2) is 42.5 Å². The first-order chi connectivity index (χ1) is 17.6. The molecule has 1 aromatic heterocycles. The van der Waals surface area contributed by atoms with E-state index in [1.807, 2.05) is 42.5 Å². The molecule has 7 rings (SSSR count). The Hall–Kier alpha value is -3.15. The third-order valence-corrected chi connectivity index (χ3v) is 8.74. The molecule has 0 saturated heterocycles. The Morgan fingerprint density at radius 2 is 1.61 bits per heavy atom. The summed E-state index contributed by atoms with van der Waals surface area (Å²) in [5.74, 6) is 2.37. The standard InChI is InChI=1S/C30H36N4O2/c35-29(31-23-5-3-1-2-4-6-23)22-13-11-21(12-14-22)28-33-26-16-15-24(18-27(26)34-28)32-30(36)25-17-19-7-9-20(25)10-8-19/h11-16,18-20,23,25H,1-10,17H2,(H,31,35)(H,32,36)(H,33,34). The number of rotatable bonds is 5. The zero-order chi connectivity index (χ0) is 24.5. The van der Waals surface area contributed by atoms with E-state index in [2.05, 4.69) is 15.6 Å². The first-order valence-corrected chi connectivity index (χ1v) is 13.8. The number of imidazole rings is 1. The Morgan fingerprint density at radius 3 is 2.31 bits per heavy atom. The van der Waals surface area contributed by atoms with Crippen LogP contribution in [0.3, 0.4) is 0 Å². The highest BCUT2D eigenvalue weighted by Crippen LogP contribution is 2.45. The van der Waals surface area contributed by atoms with Gasteiger partial charge in [0.25, 0.3) is 5.91 Å². The second kappa shape index (κ2) is 10.1. The summed E-state index contributed by atoms with van der Waals surface area (Å²) in [4.78, 5) is 33.8. The molecule has 4 fully saturated rings. The van der Waals surface area contributed by atoms with Crippen molar-refractivity contribution in [3.8, 4) is 11.4 Å². The average molecular weight is 485 g/mol. The molecule has 6 nitrogen and oxygen atoms in total. The molecule has 2 aromatic carbocycles. The Bertz CT molecular complexity index is 1230. The molecule has 1 heterocycles. The minimum atomic E-state index is 0.00428. The van der Waals surface area contributed by atoms with Crippen molar-refractivity contribution >= 4 is 28.5 Å². The maximum Gasteiger partial charge on any atom is 0.251 e. The third kappa shape index (κ3) is 4.91. The van der Waals surface area contributed by atoms with Gasteiger partial charge in [-0.15, -0.1) is 0 Å². The van der Waals surface area contributed by atoms with Crippen LogP contribution in [0.5, 0.6) is 0 Å². The van der Waals surface area contributed by atoms with Gasteiger partial charge in [-0.2, -0.15) is 0 Å². The number of hydrogen-bond acceptors (Lipinski definition) is 3. The summed E-state index contributed by atoms with van der Waals surface area (Å²) in [5.41, 5.74) is 4.18. The maximum absolute atomic E-state index is 13.0. The van der Waals surface area contributed by atoms with Crippen molar-refractivity contribution in [2.75, 3.05) is 5.32 Å². The lowest BCUT2D eigenvalue weighted by atomic mass is 9.64. The number of nitrogens with one attached hydrogen (secondary N) is 3. The van der Waals surface area contributed by atoms with Crippen molar-refractivity contribution in [3.63, 3.8) is 0 Å². The van der Waals surface area contributed by atoms with E-state index in [-0.39, 0.29) is 23.8 Å². The molecular weight excluding hydrogens is 448 g/mol. The second-order valence-corrected chi connectivity index (χ2v) is 11.2. The van der Waals surface area contributed by atoms with Gasteiger partial charge < -0.3 is 15.6 Å². The Kier molecular flexibility index (Phi) is 6.51. The molecule has 4 saturated carbocycles. The summed E-state index contributed by atoms with van der Waals surface area (Å²) >= 11 is 0. The number of benzene rings is 2. The van der Waals surface area contributed by atoms with Crippen molar-refractivity contribution in [3.05, 3.63) is 48.0 Å². The van der Waals surface area contributed by atoms with Crippen molar-refractivity contribution < 1.29 is 9.59 Å². The first-order valence-electron chi connectivity index (χ1n) is 13.8. The van der Waals surface area contributed by atoms with Crippen molar-refractivity contribution in [1.82, 2.24) is 15.3 Å². The predicted molar refractivity (Wildman–Crippen MR) is 143 cm³/mol. The summed E-state index contributed by atoms with van der Waals surface area (Å²) < 4.78 is 0. The topological polar surface area (TPSA) is 86.9 Å². The molecule has 0 spiro atoms. The predicted octanol–water partition coefficient (Wildman–Crippen LogP) is 6.45. The molecule has 3 N–H and O–H groups in total. The molecule has 2 bridgehead atoms. The van der Waals surface area contributed by atoms with Crippen LogP contribution in [0.4, 0.5) is 5.69 Å². The van der Waals surface area contributed by atoms with E-state index < -0.39 is 0 Å². The largest absolute Gasteiger partial charge is 0.349 e. The number of amides is 2. The Balaban J connectivity index is 1.12. The minimum Gasteiger partial charge on any atom is -0.349 e. The fraction of sp³-hybridized carbons (Fsp3) is 0.500. The Morgan fingerprint density at radius 1 is 0.861 bits per heavy atom. The molecule has 3 aromatic rings. The summed E-state index contributed by atoms with van der Waals surface area (Å²) in [5, 5.41) is 6.38. The highest BCUT2D eigenvalue weighted by atomic mass is 16.2. The van der Waals surface area contributed by atoms with E-state index in [0.29, 0.717) is 11.5 Å². The molecular formula is C30H36N4O2. The molecule has 1 unspecified atom stereocenters. The lowest BCUT2D eigenvalue weighted by molar-refractivity contribution is -0.124. The monoisotopic (exact) mass is 484 g/mol. The third-order valence-electron chi connectivity index (χ3n) is 8.74. The van der Waals surface area contributed by atoms with Crippen LogP contribution in [-0.4, -0.2) is 27.8 Å². The van der Waals surface area contributed by atoms with E-state index in [9.17, 15) is 9.59 Å². The van der Waals surface area contributed by atoms with E-state index in [1.54, 1.807) is 0 Å². The maximum atomic E-state index is 13.0. The van der Waals surface area contributed by atoms with Crippen molar-refractivity contribution in [2.45, 2.75) is 76.7 Å². The van der Waals surface area contributed by atoms with Gasteiger partial charge in [-0.05, 0) is 74.3 Å². The SMILES string of the molecule is O=C(NC1CCCCCC1)c1ccc(-c2nc3ccc(NC(=O)C4CC5CCC4CC5)cc3[nH]2)cc1. The zero-order valence-corrected chi connectivity index (χ0v) is 20.9. The zero-order valence-electron chi connectivity index (χ0n) is 20.9. The van der Waals surface area contributed by atoms with E-state index in [0.717, 1.165) is 53.3 Å². The number of aromatic amines is 1. The fourth-order valence-corrected chi connectivity index (χ4v) is 6.63. The summed E-state index contributed by atoms with van der Waals surface area (Å²) in [6, 6.07) is 13.8. The molecule has 4 aliphatic carbocycles. The highest BCUT2D eigenvalue weighted by Gasteiger charge is 2.39. The number of fused-ring (bicyclic) bond motifs is 4. The number of nitrogens with zero attached hydrogens (tertiary/aromatic N) is 1.